The molecule has 0 radical (unpaired) electrons. The summed E-state index contributed by atoms with van der Waals surface area (Å²) in [7, 11) is 0. The first-order chi connectivity index (χ1) is 14.5. The van der Waals surface area contributed by atoms with Gasteiger partial charge in [0.2, 0.25) is 0 Å². The van der Waals surface area contributed by atoms with E-state index in [1.165, 1.54) is 28.5 Å². The smallest absolute Gasteiger partial charge is 0.0926 e. The number of fused-ring (bicyclic) bond motifs is 3. The average Bonchev–Trinajstić information content (AvgIpc) is 3.02. The van der Waals surface area contributed by atoms with Gasteiger partial charge in [0, 0.05) is 36.1 Å². The normalized spacial score (nSPS) is 26.9. The third kappa shape index (κ3) is 3.19. The zero-order chi connectivity index (χ0) is 20.9. The molecule has 3 unspecified atom stereocenters. The molecule has 30 heavy (non-hydrogen) atoms. The summed E-state index contributed by atoms with van der Waals surface area (Å²) in [5.74, 6) is 0. The fraction of sp³-hybridized carbons (Fsp3) is 0.481. The highest BCUT2D eigenvalue weighted by atomic mass is 16.5. The van der Waals surface area contributed by atoms with Crippen LogP contribution < -0.4 is 0 Å². The Kier molecular flexibility index (Phi) is 4.99. The third-order valence-corrected chi connectivity index (χ3v) is 7.15. The van der Waals surface area contributed by atoms with Crippen molar-refractivity contribution in [2.75, 3.05) is 13.1 Å². The van der Waals surface area contributed by atoms with Crippen molar-refractivity contribution in [3.63, 3.8) is 0 Å². The highest BCUT2D eigenvalue weighted by Gasteiger charge is 2.42. The number of benzene rings is 2. The first-order valence-corrected chi connectivity index (χ1v) is 11.6. The van der Waals surface area contributed by atoms with Gasteiger partial charge in [-0.05, 0) is 63.4 Å². The number of aromatic nitrogens is 1. The topological polar surface area (TPSA) is 17.4 Å². The molecule has 1 aromatic heterocycles. The van der Waals surface area contributed by atoms with E-state index in [2.05, 4.69) is 85.7 Å². The fourth-order valence-electron chi connectivity index (χ4n) is 5.89. The van der Waals surface area contributed by atoms with E-state index in [0.29, 0.717) is 6.04 Å². The number of rotatable bonds is 3. The van der Waals surface area contributed by atoms with Crippen LogP contribution in [0.2, 0.25) is 0 Å². The standard InChI is InChI=1S/C27H34N2O/c1-5-14-28-15-13-22-23-16-19(2)11-12-24(23)29-18-20(3)30-27(4,17-25(28)26(22)29)21-9-7-6-8-10-21/h6-12,16,20,25H,5,13-15,17-18H2,1-4H3. The van der Waals surface area contributed by atoms with Gasteiger partial charge < -0.3 is 9.30 Å². The minimum atomic E-state index is -0.288. The Bertz CT molecular complexity index is 1050. The molecule has 0 fully saturated rings. The predicted molar refractivity (Wildman–Crippen MR) is 124 cm³/mol. The van der Waals surface area contributed by atoms with E-state index >= 15 is 0 Å². The maximum Gasteiger partial charge on any atom is 0.0926 e. The van der Waals surface area contributed by atoms with Gasteiger partial charge in [0.05, 0.1) is 17.7 Å². The van der Waals surface area contributed by atoms with Crippen molar-refractivity contribution in [3.8, 4) is 0 Å². The summed E-state index contributed by atoms with van der Waals surface area (Å²) in [6, 6.07) is 18.2. The van der Waals surface area contributed by atoms with Crippen LogP contribution in [0, 0.1) is 6.92 Å². The van der Waals surface area contributed by atoms with Crippen molar-refractivity contribution < 1.29 is 4.74 Å². The van der Waals surface area contributed by atoms with Crippen LogP contribution in [0.1, 0.15) is 62.0 Å². The molecular weight excluding hydrogens is 368 g/mol. The predicted octanol–water partition coefficient (Wildman–Crippen LogP) is 5.98. The second-order valence-corrected chi connectivity index (χ2v) is 9.53. The van der Waals surface area contributed by atoms with Gasteiger partial charge in [0.1, 0.15) is 0 Å². The molecule has 0 bridgehead atoms. The number of aryl methyl sites for hydroxylation is 1. The highest BCUT2D eigenvalue weighted by molar-refractivity contribution is 5.87. The maximum atomic E-state index is 6.84. The highest BCUT2D eigenvalue weighted by Crippen LogP contribution is 2.46. The number of nitrogens with zero attached hydrogens (tertiary/aromatic N) is 2. The van der Waals surface area contributed by atoms with Gasteiger partial charge in [-0.15, -0.1) is 0 Å². The summed E-state index contributed by atoms with van der Waals surface area (Å²) >= 11 is 0. The van der Waals surface area contributed by atoms with Crippen LogP contribution in [0.15, 0.2) is 48.5 Å². The van der Waals surface area contributed by atoms with Crippen LogP contribution in [-0.4, -0.2) is 28.7 Å². The molecule has 3 aromatic rings. The Morgan fingerprint density at radius 1 is 1.13 bits per heavy atom. The van der Waals surface area contributed by atoms with Crippen LogP contribution in [0.25, 0.3) is 10.9 Å². The average molecular weight is 403 g/mol. The van der Waals surface area contributed by atoms with Gasteiger partial charge in [-0.1, -0.05) is 48.9 Å². The number of hydrogen-bond acceptors (Lipinski definition) is 2. The molecule has 2 aliphatic heterocycles. The minimum Gasteiger partial charge on any atom is -0.366 e. The maximum absolute atomic E-state index is 6.84. The molecule has 0 aliphatic carbocycles. The van der Waals surface area contributed by atoms with E-state index in [4.69, 9.17) is 4.74 Å². The van der Waals surface area contributed by atoms with E-state index in [9.17, 15) is 0 Å². The molecule has 0 saturated heterocycles. The van der Waals surface area contributed by atoms with Crippen LogP contribution in [-0.2, 0) is 23.3 Å². The Morgan fingerprint density at radius 3 is 2.70 bits per heavy atom. The van der Waals surface area contributed by atoms with Gasteiger partial charge in [0.25, 0.3) is 0 Å². The molecule has 3 heteroatoms. The Morgan fingerprint density at radius 2 is 1.93 bits per heavy atom. The van der Waals surface area contributed by atoms with Gasteiger partial charge in [-0.25, -0.2) is 0 Å². The zero-order valence-electron chi connectivity index (χ0n) is 18.8. The quantitative estimate of drug-likeness (QED) is 0.536. The molecule has 5 rings (SSSR count). The molecular formula is C27H34N2O. The van der Waals surface area contributed by atoms with Crippen LogP contribution in [0.4, 0.5) is 0 Å². The van der Waals surface area contributed by atoms with Crippen molar-refractivity contribution in [1.29, 1.82) is 0 Å². The summed E-state index contributed by atoms with van der Waals surface area (Å²) in [4.78, 5) is 2.71. The summed E-state index contributed by atoms with van der Waals surface area (Å²) in [5, 5.41) is 1.46. The Hall–Kier alpha value is -2.10. The van der Waals surface area contributed by atoms with Crippen LogP contribution >= 0.6 is 0 Å². The molecule has 0 saturated carbocycles. The van der Waals surface area contributed by atoms with Crippen molar-refractivity contribution in [3.05, 3.63) is 70.9 Å². The van der Waals surface area contributed by atoms with E-state index in [1.54, 1.807) is 11.3 Å². The van der Waals surface area contributed by atoms with E-state index in [-0.39, 0.29) is 11.7 Å². The molecule has 3 heterocycles. The summed E-state index contributed by atoms with van der Waals surface area (Å²) < 4.78 is 9.43. The van der Waals surface area contributed by atoms with Gasteiger partial charge in [0.15, 0.2) is 0 Å². The van der Waals surface area contributed by atoms with E-state index in [1.807, 2.05) is 0 Å². The lowest BCUT2D eigenvalue weighted by atomic mass is 9.83. The first kappa shape index (κ1) is 19.8. The third-order valence-electron chi connectivity index (χ3n) is 7.15. The monoisotopic (exact) mass is 402 g/mol. The lowest BCUT2D eigenvalue weighted by Crippen LogP contribution is -2.44. The molecule has 0 N–H and O–H groups in total. The van der Waals surface area contributed by atoms with Gasteiger partial charge in [-0.2, -0.15) is 0 Å². The van der Waals surface area contributed by atoms with Crippen molar-refractivity contribution >= 4 is 10.9 Å². The second kappa shape index (κ2) is 7.55. The Balaban J connectivity index is 1.71. The van der Waals surface area contributed by atoms with Gasteiger partial charge in [-0.3, -0.25) is 4.90 Å². The number of ether oxygens (including phenoxy) is 1. The molecule has 2 aliphatic rings. The minimum absolute atomic E-state index is 0.152. The van der Waals surface area contributed by atoms with Crippen LogP contribution in [0.5, 0.6) is 0 Å². The van der Waals surface area contributed by atoms with E-state index in [0.717, 1.165) is 32.5 Å². The lowest BCUT2D eigenvalue weighted by Gasteiger charge is -2.45. The fourth-order valence-corrected chi connectivity index (χ4v) is 5.89. The molecule has 3 nitrogen and oxygen atoms in total. The van der Waals surface area contributed by atoms with Crippen LogP contribution in [0.3, 0.4) is 0 Å². The van der Waals surface area contributed by atoms with E-state index < -0.39 is 0 Å². The van der Waals surface area contributed by atoms with Crippen molar-refractivity contribution in [2.45, 2.75) is 71.2 Å². The Labute approximate surface area is 180 Å². The van der Waals surface area contributed by atoms with Crippen molar-refractivity contribution in [1.82, 2.24) is 9.47 Å². The number of hydrogen-bond donors (Lipinski definition) is 0. The molecule has 0 amide bonds. The SMILES string of the molecule is CCCN1CCc2c3n(c4ccc(C)cc24)CC(C)OC(C)(c2ccccc2)CC31. The summed E-state index contributed by atoms with van der Waals surface area (Å²) in [6.45, 7) is 12.2. The summed E-state index contributed by atoms with van der Waals surface area (Å²) in [6.07, 6.45) is 3.48. The molecule has 2 aromatic carbocycles. The molecule has 158 valence electrons. The summed E-state index contributed by atoms with van der Waals surface area (Å²) in [5.41, 5.74) is 6.86. The molecule has 0 spiro atoms. The van der Waals surface area contributed by atoms with Crippen molar-refractivity contribution in [2.24, 2.45) is 0 Å². The first-order valence-electron chi connectivity index (χ1n) is 11.6. The largest absolute Gasteiger partial charge is 0.366 e. The zero-order valence-corrected chi connectivity index (χ0v) is 18.8. The lowest BCUT2D eigenvalue weighted by molar-refractivity contribution is -0.111. The second-order valence-electron chi connectivity index (χ2n) is 9.53. The molecule has 3 atom stereocenters. The van der Waals surface area contributed by atoms with Gasteiger partial charge >= 0.3 is 0 Å².